The van der Waals surface area contributed by atoms with Crippen LogP contribution < -0.4 is 15.4 Å². The van der Waals surface area contributed by atoms with Crippen LogP contribution in [-0.2, 0) is 16.6 Å². The molecule has 1 fully saturated rings. The Bertz CT molecular complexity index is 743. The largest absolute Gasteiger partial charge is 0.355 e. The summed E-state index contributed by atoms with van der Waals surface area (Å²) < 4.78 is 24.7. The van der Waals surface area contributed by atoms with Gasteiger partial charge in [-0.25, -0.2) is 18.1 Å². The highest BCUT2D eigenvalue weighted by molar-refractivity contribution is 7.88. The molecule has 1 aliphatic rings. The third kappa shape index (κ3) is 8.35. The van der Waals surface area contributed by atoms with E-state index in [1.807, 2.05) is 0 Å². The molecule has 0 aromatic heterocycles. The van der Waals surface area contributed by atoms with Gasteiger partial charge in [0.2, 0.25) is 10.0 Å². The highest BCUT2D eigenvalue weighted by atomic mass is 32.2. The van der Waals surface area contributed by atoms with Crippen molar-refractivity contribution in [3.05, 3.63) is 39.9 Å². The van der Waals surface area contributed by atoms with Crippen LogP contribution in [0.15, 0.2) is 29.3 Å². The molecule has 0 radical (unpaired) electrons. The average molecular weight is 398 g/mol. The van der Waals surface area contributed by atoms with Crippen molar-refractivity contribution in [2.24, 2.45) is 4.99 Å². The Labute approximate surface area is 159 Å². The maximum absolute atomic E-state index is 11.1. The van der Waals surface area contributed by atoms with Gasteiger partial charge in [-0.05, 0) is 18.4 Å². The second-order valence-corrected chi connectivity index (χ2v) is 8.49. The van der Waals surface area contributed by atoms with E-state index in [1.165, 1.54) is 31.4 Å². The van der Waals surface area contributed by atoms with E-state index in [2.05, 4.69) is 20.3 Å². The number of hydrogen-bond donors (Lipinski definition) is 3. The molecule has 1 aromatic carbocycles. The molecule has 0 aliphatic heterocycles. The Balaban J connectivity index is 1.95. The molecule has 9 nitrogen and oxygen atoms in total. The highest BCUT2D eigenvalue weighted by Gasteiger charge is 2.14. The SMILES string of the molecule is CS(=O)(=O)NCCNC(=NCc1ccc([N+](=O)[O-])cc1)NC1CCCCC1. The Kier molecular flexibility index (Phi) is 7.99. The van der Waals surface area contributed by atoms with Gasteiger partial charge >= 0.3 is 0 Å². The van der Waals surface area contributed by atoms with E-state index < -0.39 is 14.9 Å². The molecule has 10 heteroatoms. The van der Waals surface area contributed by atoms with Crippen molar-refractivity contribution < 1.29 is 13.3 Å². The van der Waals surface area contributed by atoms with E-state index in [9.17, 15) is 18.5 Å². The van der Waals surface area contributed by atoms with Crippen molar-refractivity contribution >= 4 is 21.7 Å². The zero-order valence-corrected chi connectivity index (χ0v) is 16.3. The third-order valence-electron chi connectivity index (χ3n) is 4.29. The number of sulfonamides is 1. The number of nitro benzene ring substituents is 1. The normalized spacial score (nSPS) is 16.1. The maximum atomic E-state index is 11.1. The van der Waals surface area contributed by atoms with Crippen molar-refractivity contribution in [3.8, 4) is 0 Å². The van der Waals surface area contributed by atoms with E-state index in [0.29, 0.717) is 25.1 Å². The van der Waals surface area contributed by atoms with Crippen molar-refractivity contribution in [1.29, 1.82) is 0 Å². The Morgan fingerprint density at radius 2 is 1.85 bits per heavy atom. The van der Waals surface area contributed by atoms with E-state index >= 15 is 0 Å². The van der Waals surface area contributed by atoms with Crippen LogP contribution in [0.1, 0.15) is 37.7 Å². The Morgan fingerprint density at radius 1 is 1.19 bits per heavy atom. The smallest absolute Gasteiger partial charge is 0.269 e. The van der Waals surface area contributed by atoms with E-state index in [4.69, 9.17) is 0 Å². The standard InChI is InChI=1S/C17H27N5O4S/c1-27(25,26)20-12-11-18-17(21-15-5-3-2-4-6-15)19-13-14-7-9-16(10-8-14)22(23)24/h7-10,15,20H,2-6,11-13H2,1H3,(H2,18,19,21). The molecule has 2 rings (SSSR count). The maximum Gasteiger partial charge on any atom is 0.269 e. The van der Waals surface area contributed by atoms with E-state index in [-0.39, 0.29) is 12.2 Å². The first kappa shape index (κ1) is 21.1. The molecule has 27 heavy (non-hydrogen) atoms. The predicted octanol–water partition coefficient (Wildman–Crippen LogP) is 1.51. The van der Waals surface area contributed by atoms with Gasteiger partial charge < -0.3 is 10.6 Å². The number of aliphatic imine (C=N–C) groups is 1. The van der Waals surface area contributed by atoms with Gasteiger partial charge in [0, 0.05) is 31.3 Å². The topological polar surface area (TPSA) is 126 Å². The molecular weight excluding hydrogens is 370 g/mol. The van der Waals surface area contributed by atoms with E-state index in [0.717, 1.165) is 24.7 Å². The molecule has 3 N–H and O–H groups in total. The molecule has 0 unspecified atom stereocenters. The van der Waals surface area contributed by atoms with Gasteiger partial charge in [0.05, 0.1) is 17.7 Å². The molecule has 0 bridgehead atoms. The van der Waals surface area contributed by atoms with Crippen molar-refractivity contribution in [3.63, 3.8) is 0 Å². The number of guanidine groups is 1. The number of nitro groups is 1. The number of nitrogens with one attached hydrogen (secondary N) is 3. The van der Waals surface area contributed by atoms with Crippen LogP contribution in [0.4, 0.5) is 5.69 Å². The average Bonchev–Trinajstić information content (AvgIpc) is 2.63. The molecular formula is C17H27N5O4S. The van der Waals surface area contributed by atoms with Gasteiger partial charge in [-0.1, -0.05) is 31.4 Å². The first-order chi connectivity index (χ1) is 12.8. The van der Waals surface area contributed by atoms with Crippen LogP contribution in [0.2, 0.25) is 0 Å². The van der Waals surface area contributed by atoms with Gasteiger partial charge in [-0.2, -0.15) is 0 Å². The molecule has 1 aliphatic carbocycles. The van der Waals surface area contributed by atoms with Crippen LogP contribution in [-0.4, -0.2) is 44.7 Å². The number of hydrogen-bond acceptors (Lipinski definition) is 5. The fourth-order valence-electron chi connectivity index (χ4n) is 2.90. The van der Waals surface area contributed by atoms with Gasteiger partial charge in [0.25, 0.3) is 5.69 Å². The molecule has 150 valence electrons. The van der Waals surface area contributed by atoms with Crippen LogP contribution in [0.3, 0.4) is 0 Å². The number of non-ortho nitro benzene ring substituents is 1. The van der Waals surface area contributed by atoms with Crippen LogP contribution >= 0.6 is 0 Å². The molecule has 0 amide bonds. The minimum Gasteiger partial charge on any atom is -0.355 e. The second-order valence-electron chi connectivity index (χ2n) is 6.66. The lowest BCUT2D eigenvalue weighted by atomic mass is 9.96. The van der Waals surface area contributed by atoms with Gasteiger partial charge in [0.1, 0.15) is 0 Å². The summed E-state index contributed by atoms with van der Waals surface area (Å²) in [7, 11) is -3.22. The lowest BCUT2D eigenvalue weighted by Gasteiger charge is -2.25. The van der Waals surface area contributed by atoms with Gasteiger partial charge in [-0.15, -0.1) is 0 Å². The zero-order chi connectivity index (χ0) is 19.7. The molecule has 0 heterocycles. The van der Waals surface area contributed by atoms with Crippen LogP contribution in [0.5, 0.6) is 0 Å². The van der Waals surface area contributed by atoms with Crippen LogP contribution in [0, 0.1) is 10.1 Å². The summed E-state index contributed by atoms with van der Waals surface area (Å²) in [5.74, 6) is 0.621. The quantitative estimate of drug-likeness (QED) is 0.201. The number of nitrogens with zero attached hydrogens (tertiary/aromatic N) is 2. The zero-order valence-electron chi connectivity index (χ0n) is 15.5. The van der Waals surface area contributed by atoms with Gasteiger partial charge in [0.15, 0.2) is 5.96 Å². The minimum atomic E-state index is -3.22. The Morgan fingerprint density at radius 3 is 2.44 bits per heavy atom. The minimum absolute atomic E-state index is 0.0493. The predicted molar refractivity (Wildman–Crippen MR) is 105 cm³/mol. The van der Waals surface area contributed by atoms with E-state index in [1.54, 1.807) is 12.1 Å². The number of rotatable bonds is 8. The fraction of sp³-hybridized carbons (Fsp3) is 0.588. The molecule has 1 aromatic rings. The molecule has 0 atom stereocenters. The number of benzene rings is 1. The van der Waals surface area contributed by atoms with Gasteiger partial charge in [-0.3, -0.25) is 10.1 Å². The fourth-order valence-corrected chi connectivity index (χ4v) is 3.38. The lowest BCUT2D eigenvalue weighted by Crippen LogP contribution is -2.46. The lowest BCUT2D eigenvalue weighted by molar-refractivity contribution is -0.384. The van der Waals surface area contributed by atoms with Crippen LogP contribution in [0.25, 0.3) is 0 Å². The first-order valence-electron chi connectivity index (χ1n) is 9.06. The Hall–Kier alpha value is -2.20. The second kappa shape index (κ2) is 10.2. The summed E-state index contributed by atoms with van der Waals surface area (Å²) in [6.07, 6.45) is 6.90. The molecule has 1 saturated carbocycles. The first-order valence-corrected chi connectivity index (χ1v) is 11.0. The summed E-state index contributed by atoms with van der Waals surface area (Å²) >= 11 is 0. The summed E-state index contributed by atoms with van der Waals surface area (Å²) in [6.45, 7) is 1.05. The summed E-state index contributed by atoms with van der Waals surface area (Å²) in [4.78, 5) is 14.8. The summed E-state index contributed by atoms with van der Waals surface area (Å²) in [5, 5.41) is 17.3. The van der Waals surface area contributed by atoms with Crippen molar-refractivity contribution in [2.75, 3.05) is 19.3 Å². The molecule has 0 saturated heterocycles. The van der Waals surface area contributed by atoms with Crippen molar-refractivity contribution in [1.82, 2.24) is 15.4 Å². The highest BCUT2D eigenvalue weighted by Crippen LogP contribution is 2.17. The summed E-state index contributed by atoms with van der Waals surface area (Å²) in [5.41, 5.74) is 0.910. The third-order valence-corrected chi connectivity index (χ3v) is 5.02. The molecule has 0 spiro atoms. The monoisotopic (exact) mass is 397 g/mol. The summed E-state index contributed by atoms with van der Waals surface area (Å²) in [6, 6.07) is 6.64. The van der Waals surface area contributed by atoms with Crippen molar-refractivity contribution in [2.45, 2.75) is 44.7 Å².